The number of morpholine rings is 1. The Bertz CT molecular complexity index is 1470. The van der Waals surface area contributed by atoms with Gasteiger partial charge < -0.3 is 30.0 Å². The number of nitrogens with one attached hydrogen (secondary N) is 2. The molecule has 4 N–H and O–H groups in total. The van der Waals surface area contributed by atoms with Crippen LogP contribution in [-0.2, 0) is 30.3 Å². The monoisotopic (exact) mass is 599 g/mol. The minimum atomic E-state index is -1.26. The number of pyridine rings is 1. The maximum atomic E-state index is 13.0. The van der Waals surface area contributed by atoms with Crippen LogP contribution in [0.4, 0.5) is 0 Å². The van der Waals surface area contributed by atoms with Gasteiger partial charge >= 0.3 is 17.9 Å². The summed E-state index contributed by atoms with van der Waals surface area (Å²) in [5.74, 6) is -3.50. The molecular formula is C29H30ClN3O9. The predicted molar refractivity (Wildman–Crippen MR) is 154 cm³/mol. The lowest BCUT2D eigenvalue weighted by atomic mass is 10.0. The Balaban J connectivity index is 0.000000531. The summed E-state index contributed by atoms with van der Waals surface area (Å²) >= 11 is 5.92. The van der Waals surface area contributed by atoms with Crippen molar-refractivity contribution in [3.8, 4) is 0 Å². The summed E-state index contributed by atoms with van der Waals surface area (Å²) in [4.78, 5) is 62.1. The first-order valence-corrected chi connectivity index (χ1v) is 13.3. The van der Waals surface area contributed by atoms with Gasteiger partial charge in [0, 0.05) is 65.8 Å². The van der Waals surface area contributed by atoms with Gasteiger partial charge in [-0.05, 0) is 35.9 Å². The lowest BCUT2D eigenvalue weighted by Crippen LogP contribution is -2.44. The predicted octanol–water partition coefficient (Wildman–Crippen LogP) is 2.11. The van der Waals surface area contributed by atoms with E-state index in [4.69, 9.17) is 31.3 Å². The molecule has 2 aromatic carbocycles. The molecule has 0 bridgehead atoms. The van der Waals surface area contributed by atoms with Crippen LogP contribution in [0.5, 0.6) is 0 Å². The molecule has 12 nitrogen and oxygen atoms in total. The van der Waals surface area contributed by atoms with Crippen molar-refractivity contribution in [1.29, 1.82) is 0 Å². The molecule has 13 heteroatoms. The highest BCUT2D eigenvalue weighted by molar-refractivity contribution is 6.30. The van der Waals surface area contributed by atoms with Crippen molar-refractivity contribution in [1.82, 2.24) is 15.2 Å². The number of hydrogen-bond donors (Lipinski definition) is 4. The molecule has 0 radical (unpaired) electrons. The second-order valence-corrected chi connectivity index (χ2v) is 9.51. The van der Waals surface area contributed by atoms with Crippen molar-refractivity contribution < 1.29 is 38.9 Å². The van der Waals surface area contributed by atoms with Crippen molar-refractivity contribution in [3.63, 3.8) is 0 Å². The molecular weight excluding hydrogens is 570 g/mol. The number of hydrogen-bond acceptors (Lipinski definition) is 8. The minimum Gasteiger partial charge on any atom is -0.478 e. The van der Waals surface area contributed by atoms with E-state index in [9.17, 15) is 24.0 Å². The molecule has 1 amide bonds. The third-order valence-electron chi connectivity index (χ3n) is 6.08. The number of carboxylic acid groups (broad SMARTS) is 2. The maximum Gasteiger partial charge on any atom is 0.329 e. The Morgan fingerprint density at radius 3 is 2.31 bits per heavy atom. The fourth-order valence-corrected chi connectivity index (χ4v) is 4.17. The Morgan fingerprint density at radius 2 is 1.67 bits per heavy atom. The van der Waals surface area contributed by atoms with E-state index in [0.717, 1.165) is 18.5 Å². The Hall–Kier alpha value is -4.52. The highest BCUT2D eigenvalue weighted by Crippen LogP contribution is 2.17. The lowest BCUT2D eigenvalue weighted by Gasteiger charge is -2.26. The Labute approximate surface area is 245 Å². The average molecular weight is 600 g/mol. The average Bonchev–Trinajstić information content (AvgIpc) is 2.96. The summed E-state index contributed by atoms with van der Waals surface area (Å²) < 4.78 is 10.9. The van der Waals surface area contributed by atoms with Gasteiger partial charge in [-0.2, -0.15) is 0 Å². The quantitative estimate of drug-likeness (QED) is 0.199. The molecule has 2 heterocycles. The first-order chi connectivity index (χ1) is 20.1. The number of rotatable bonds is 10. The molecule has 0 spiro atoms. The first-order valence-electron chi connectivity index (χ1n) is 12.9. The van der Waals surface area contributed by atoms with Crippen molar-refractivity contribution in [2.75, 3.05) is 39.5 Å². The number of aromatic amines is 1. The van der Waals surface area contributed by atoms with E-state index >= 15 is 0 Å². The molecule has 1 fully saturated rings. The molecule has 42 heavy (non-hydrogen) atoms. The number of para-hydroxylation sites is 1. The van der Waals surface area contributed by atoms with Crippen LogP contribution in [0.3, 0.4) is 0 Å². The number of halogens is 1. The van der Waals surface area contributed by atoms with Crippen LogP contribution in [0, 0.1) is 0 Å². The van der Waals surface area contributed by atoms with E-state index in [-0.39, 0.29) is 18.6 Å². The Morgan fingerprint density at radius 1 is 1.02 bits per heavy atom. The smallest absolute Gasteiger partial charge is 0.329 e. The zero-order chi connectivity index (χ0) is 30.5. The van der Waals surface area contributed by atoms with Crippen LogP contribution < -0.4 is 10.9 Å². The number of nitrogens with zero attached hydrogens (tertiary/aromatic N) is 1. The number of aliphatic carboxylic acids is 2. The number of benzene rings is 2. The standard InChI is InChI=1S/C25H26ClN3O5.C4H4O4/c26-19-7-5-17(6-8-19)24(31)28-22(25(32)34-14-11-29-9-12-33-13-10-29)15-18-16-23(30)27-21-4-2-1-3-20(18)21;5-3(6)1-2-4(7)8/h1-8,16,22H,9-15H2,(H,27,30)(H,28,31);1-2H,(H,5,6)(H,7,8)/b;2-1+. The second-order valence-electron chi connectivity index (χ2n) is 9.07. The molecule has 1 aromatic heterocycles. The van der Waals surface area contributed by atoms with Gasteiger partial charge in [0.25, 0.3) is 5.91 Å². The number of fused-ring (bicyclic) bond motifs is 1. The van der Waals surface area contributed by atoms with Crippen LogP contribution in [0.2, 0.25) is 5.02 Å². The van der Waals surface area contributed by atoms with Crippen LogP contribution in [0.25, 0.3) is 10.9 Å². The molecule has 1 saturated heterocycles. The molecule has 1 aliphatic rings. The van der Waals surface area contributed by atoms with Gasteiger partial charge in [0.05, 0.1) is 13.2 Å². The summed E-state index contributed by atoms with van der Waals surface area (Å²) in [5.41, 5.74) is 1.39. The number of H-pyrrole nitrogens is 1. The maximum absolute atomic E-state index is 13.0. The fraction of sp³-hybridized carbons (Fsp3) is 0.276. The third-order valence-corrected chi connectivity index (χ3v) is 6.33. The molecule has 0 aliphatic carbocycles. The van der Waals surface area contributed by atoms with Gasteiger partial charge in [-0.3, -0.25) is 14.5 Å². The summed E-state index contributed by atoms with van der Waals surface area (Å²) in [6.07, 6.45) is 1.23. The second kappa shape index (κ2) is 16.1. The van der Waals surface area contributed by atoms with E-state index < -0.39 is 29.9 Å². The number of amides is 1. The van der Waals surface area contributed by atoms with Gasteiger partial charge in [0.15, 0.2) is 0 Å². The fourth-order valence-electron chi connectivity index (χ4n) is 4.05. The number of carboxylic acids is 2. The van der Waals surface area contributed by atoms with Crippen molar-refractivity contribution in [2.45, 2.75) is 12.5 Å². The molecule has 4 rings (SSSR count). The third kappa shape index (κ3) is 10.5. The number of aromatic nitrogens is 1. The highest BCUT2D eigenvalue weighted by atomic mass is 35.5. The largest absolute Gasteiger partial charge is 0.478 e. The van der Waals surface area contributed by atoms with Crippen LogP contribution in [0.15, 0.2) is 71.5 Å². The van der Waals surface area contributed by atoms with E-state index in [2.05, 4.69) is 15.2 Å². The highest BCUT2D eigenvalue weighted by Gasteiger charge is 2.25. The zero-order valence-electron chi connectivity index (χ0n) is 22.5. The van der Waals surface area contributed by atoms with Crippen molar-refractivity contribution >= 4 is 46.3 Å². The first kappa shape index (κ1) is 32.0. The van der Waals surface area contributed by atoms with E-state index in [1.807, 2.05) is 18.2 Å². The van der Waals surface area contributed by atoms with Crippen LogP contribution in [-0.4, -0.2) is 89.4 Å². The van der Waals surface area contributed by atoms with Gasteiger partial charge in [-0.1, -0.05) is 29.8 Å². The zero-order valence-corrected chi connectivity index (χ0v) is 23.2. The van der Waals surface area contributed by atoms with Gasteiger partial charge in [0.2, 0.25) is 5.56 Å². The molecule has 3 aromatic rings. The van der Waals surface area contributed by atoms with Crippen LogP contribution in [0.1, 0.15) is 15.9 Å². The van der Waals surface area contributed by atoms with E-state index in [1.165, 1.54) is 6.07 Å². The molecule has 222 valence electrons. The summed E-state index contributed by atoms with van der Waals surface area (Å²) in [6.45, 7) is 3.66. The normalized spacial score (nSPS) is 14.0. The molecule has 1 aliphatic heterocycles. The summed E-state index contributed by atoms with van der Waals surface area (Å²) in [7, 11) is 0. The summed E-state index contributed by atoms with van der Waals surface area (Å²) in [5, 5.41) is 19.7. The SMILES string of the molecule is O=C(NC(Cc1cc(=O)[nH]c2ccccc12)C(=O)OCCN1CCOCC1)c1ccc(Cl)cc1.O=C(O)/C=C/C(=O)O. The van der Waals surface area contributed by atoms with Crippen LogP contribution >= 0.6 is 11.6 Å². The summed E-state index contributed by atoms with van der Waals surface area (Å²) in [6, 6.07) is 14.2. The topological polar surface area (TPSA) is 175 Å². The number of carbonyl (C=O) groups excluding carboxylic acids is 2. The van der Waals surface area contributed by atoms with Gasteiger partial charge in [-0.15, -0.1) is 0 Å². The lowest BCUT2D eigenvalue weighted by molar-refractivity contribution is -0.146. The molecule has 1 unspecified atom stereocenters. The number of carbonyl (C=O) groups is 4. The van der Waals surface area contributed by atoms with Crippen molar-refractivity contribution in [2.24, 2.45) is 0 Å². The van der Waals surface area contributed by atoms with E-state index in [1.54, 1.807) is 30.3 Å². The minimum absolute atomic E-state index is 0.111. The van der Waals surface area contributed by atoms with E-state index in [0.29, 0.717) is 53.6 Å². The number of esters is 1. The molecule has 0 saturated carbocycles. The van der Waals surface area contributed by atoms with Gasteiger partial charge in [-0.25, -0.2) is 14.4 Å². The number of ether oxygens (including phenoxy) is 2. The Kier molecular flexibility index (Phi) is 12.2. The van der Waals surface area contributed by atoms with Crippen molar-refractivity contribution in [3.05, 3.63) is 93.3 Å². The molecule has 1 atom stereocenters. The van der Waals surface area contributed by atoms with Gasteiger partial charge in [0.1, 0.15) is 12.6 Å².